The number of rotatable bonds is 5. The molecule has 1 saturated carbocycles. The topological polar surface area (TPSA) is 91.0 Å². The Hall–Kier alpha value is -1.26. The van der Waals surface area contributed by atoms with Gasteiger partial charge in [-0.05, 0) is 19.3 Å². The molecule has 0 bridgehead atoms. The third kappa shape index (κ3) is 3.72. The Morgan fingerprint density at radius 1 is 1.50 bits per heavy atom. The second-order valence-electron chi connectivity index (χ2n) is 4.35. The van der Waals surface area contributed by atoms with E-state index in [1.165, 1.54) is 0 Å². The number of hydrogen-bond donors (Lipinski definition) is 4. The van der Waals surface area contributed by atoms with Gasteiger partial charge >= 0.3 is 6.03 Å². The summed E-state index contributed by atoms with van der Waals surface area (Å²) < 4.78 is 0. The lowest BCUT2D eigenvalue weighted by Gasteiger charge is -2.20. The Kier molecular flexibility index (Phi) is 5.08. The van der Waals surface area contributed by atoms with E-state index in [4.69, 9.17) is 11.1 Å². The quantitative estimate of drug-likeness (QED) is 0.322. The van der Waals surface area contributed by atoms with E-state index in [-0.39, 0.29) is 23.8 Å². The molecule has 0 aromatic carbocycles. The van der Waals surface area contributed by atoms with Crippen molar-refractivity contribution in [3.8, 4) is 0 Å². The maximum absolute atomic E-state index is 11.5. The highest BCUT2D eigenvalue weighted by Crippen LogP contribution is 2.25. The largest absolute Gasteiger partial charge is 0.387 e. The molecular weight excluding hydrogens is 204 g/mol. The SMILES string of the molecule is CCCCNC(=O)NC1CCCC1C(=N)N. The first-order chi connectivity index (χ1) is 7.65. The van der Waals surface area contributed by atoms with Crippen molar-refractivity contribution in [2.24, 2.45) is 11.7 Å². The van der Waals surface area contributed by atoms with E-state index in [9.17, 15) is 4.79 Å². The molecule has 16 heavy (non-hydrogen) atoms. The molecule has 0 heterocycles. The summed E-state index contributed by atoms with van der Waals surface area (Å²) >= 11 is 0. The summed E-state index contributed by atoms with van der Waals surface area (Å²) in [5.41, 5.74) is 5.50. The van der Waals surface area contributed by atoms with E-state index in [0.717, 1.165) is 32.1 Å². The highest BCUT2D eigenvalue weighted by molar-refractivity contribution is 5.82. The number of carbonyl (C=O) groups is 1. The van der Waals surface area contributed by atoms with Crippen molar-refractivity contribution >= 4 is 11.9 Å². The molecule has 5 nitrogen and oxygen atoms in total. The Labute approximate surface area is 96.7 Å². The molecule has 5 heteroatoms. The van der Waals surface area contributed by atoms with Gasteiger partial charge in [-0.3, -0.25) is 5.41 Å². The number of hydrogen-bond acceptors (Lipinski definition) is 2. The number of urea groups is 1. The average Bonchev–Trinajstić information content (AvgIpc) is 2.66. The van der Waals surface area contributed by atoms with Crippen LogP contribution in [-0.4, -0.2) is 24.5 Å². The molecule has 2 amide bonds. The molecule has 1 rings (SSSR count). The number of carbonyl (C=O) groups excluding carboxylic acids is 1. The van der Waals surface area contributed by atoms with E-state index < -0.39 is 0 Å². The van der Waals surface area contributed by atoms with Crippen LogP contribution in [0.4, 0.5) is 4.79 Å². The van der Waals surface area contributed by atoms with Gasteiger partial charge in [0.25, 0.3) is 0 Å². The molecule has 1 aliphatic carbocycles. The van der Waals surface area contributed by atoms with Gasteiger partial charge in [-0.25, -0.2) is 4.79 Å². The van der Waals surface area contributed by atoms with Crippen LogP contribution in [0.3, 0.4) is 0 Å². The molecule has 1 fully saturated rings. The summed E-state index contributed by atoms with van der Waals surface area (Å²) in [6, 6.07) is -0.0919. The number of amidine groups is 1. The van der Waals surface area contributed by atoms with Crippen molar-refractivity contribution in [3.63, 3.8) is 0 Å². The molecule has 0 aromatic rings. The van der Waals surface area contributed by atoms with E-state index in [2.05, 4.69) is 17.6 Å². The fourth-order valence-electron chi connectivity index (χ4n) is 2.10. The van der Waals surface area contributed by atoms with Crippen LogP contribution in [0, 0.1) is 11.3 Å². The number of amides is 2. The standard InChI is InChI=1S/C11H22N4O/c1-2-3-7-14-11(16)15-9-6-4-5-8(9)10(12)13/h8-9H,2-7H2,1H3,(H3,12,13)(H2,14,15,16). The summed E-state index contributed by atoms with van der Waals surface area (Å²) in [6.07, 6.45) is 4.93. The summed E-state index contributed by atoms with van der Waals surface area (Å²) in [4.78, 5) is 11.5. The predicted octanol–water partition coefficient (Wildman–Crippen LogP) is 1.19. The second-order valence-corrected chi connectivity index (χ2v) is 4.35. The Morgan fingerprint density at radius 2 is 2.25 bits per heavy atom. The lowest BCUT2D eigenvalue weighted by atomic mass is 10.0. The maximum Gasteiger partial charge on any atom is 0.315 e. The molecule has 2 atom stereocenters. The van der Waals surface area contributed by atoms with Gasteiger partial charge in [-0.15, -0.1) is 0 Å². The summed E-state index contributed by atoms with van der Waals surface area (Å²) in [6.45, 7) is 2.79. The zero-order chi connectivity index (χ0) is 12.0. The van der Waals surface area contributed by atoms with Crippen molar-refractivity contribution in [3.05, 3.63) is 0 Å². The maximum atomic E-state index is 11.5. The number of nitrogens with one attached hydrogen (secondary N) is 3. The minimum absolute atomic E-state index is 0.0249. The lowest BCUT2D eigenvalue weighted by molar-refractivity contribution is 0.235. The van der Waals surface area contributed by atoms with Crippen LogP contribution in [0.1, 0.15) is 39.0 Å². The van der Waals surface area contributed by atoms with Gasteiger partial charge in [-0.1, -0.05) is 19.8 Å². The van der Waals surface area contributed by atoms with Gasteiger partial charge in [0.1, 0.15) is 0 Å². The fourth-order valence-corrected chi connectivity index (χ4v) is 2.10. The first-order valence-corrected chi connectivity index (χ1v) is 6.03. The van der Waals surface area contributed by atoms with Crippen LogP contribution in [-0.2, 0) is 0 Å². The highest BCUT2D eigenvalue weighted by atomic mass is 16.2. The Bertz CT molecular complexity index is 254. The van der Waals surface area contributed by atoms with Crippen LogP contribution >= 0.6 is 0 Å². The molecular formula is C11H22N4O. The molecule has 0 saturated heterocycles. The molecule has 0 radical (unpaired) electrons. The van der Waals surface area contributed by atoms with Gasteiger partial charge in [0, 0.05) is 18.5 Å². The first kappa shape index (κ1) is 12.8. The smallest absolute Gasteiger partial charge is 0.315 e. The van der Waals surface area contributed by atoms with E-state index in [1.807, 2.05) is 0 Å². The van der Waals surface area contributed by atoms with Crippen LogP contribution in [0.15, 0.2) is 0 Å². The molecule has 92 valence electrons. The van der Waals surface area contributed by atoms with Gasteiger partial charge in [-0.2, -0.15) is 0 Å². The summed E-state index contributed by atoms with van der Waals surface area (Å²) in [5.74, 6) is 0.216. The predicted molar refractivity (Wildman–Crippen MR) is 64.5 cm³/mol. The highest BCUT2D eigenvalue weighted by Gasteiger charge is 2.30. The zero-order valence-electron chi connectivity index (χ0n) is 9.88. The molecule has 0 spiro atoms. The average molecular weight is 226 g/mol. The van der Waals surface area contributed by atoms with Gasteiger partial charge in [0.15, 0.2) is 0 Å². The van der Waals surface area contributed by atoms with Crippen molar-refractivity contribution < 1.29 is 4.79 Å². The molecule has 5 N–H and O–H groups in total. The number of nitrogens with two attached hydrogens (primary N) is 1. The Balaban J connectivity index is 2.30. The normalized spacial score (nSPS) is 24.1. The van der Waals surface area contributed by atoms with Gasteiger partial charge in [0.05, 0.1) is 5.84 Å². The van der Waals surface area contributed by atoms with E-state index in [1.54, 1.807) is 0 Å². The fraction of sp³-hybridized carbons (Fsp3) is 0.818. The van der Waals surface area contributed by atoms with Crippen LogP contribution < -0.4 is 16.4 Å². The summed E-state index contributed by atoms with van der Waals surface area (Å²) in [5, 5.41) is 13.1. The molecule has 0 aromatic heterocycles. The second kappa shape index (κ2) is 6.35. The van der Waals surface area contributed by atoms with Crippen LogP contribution in [0.25, 0.3) is 0 Å². The minimum Gasteiger partial charge on any atom is -0.387 e. The molecule has 1 aliphatic rings. The lowest BCUT2D eigenvalue weighted by Crippen LogP contribution is -2.46. The molecule has 2 unspecified atom stereocenters. The van der Waals surface area contributed by atoms with Crippen LogP contribution in [0.2, 0.25) is 0 Å². The Morgan fingerprint density at radius 3 is 2.88 bits per heavy atom. The zero-order valence-corrected chi connectivity index (χ0v) is 9.88. The van der Waals surface area contributed by atoms with Gasteiger partial charge in [0.2, 0.25) is 0 Å². The molecule has 0 aliphatic heterocycles. The summed E-state index contributed by atoms with van der Waals surface area (Å²) in [7, 11) is 0. The van der Waals surface area contributed by atoms with Crippen molar-refractivity contribution in [2.45, 2.75) is 45.1 Å². The van der Waals surface area contributed by atoms with Crippen molar-refractivity contribution in [1.82, 2.24) is 10.6 Å². The van der Waals surface area contributed by atoms with Crippen molar-refractivity contribution in [2.75, 3.05) is 6.54 Å². The van der Waals surface area contributed by atoms with Gasteiger partial charge < -0.3 is 16.4 Å². The third-order valence-electron chi connectivity index (χ3n) is 3.05. The van der Waals surface area contributed by atoms with E-state index >= 15 is 0 Å². The van der Waals surface area contributed by atoms with Crippen LogP contribution in [0.5, 0.6) is 0 Å². The minimum atomic E-state index is -0.133. The third-order valence-corrected chi connectivity index (χ3v) is 3.05. The van der Waals surface area contributed by atoms with E-state index in [0.29, 0.717) is 6.54 Å². The van der Waals surface area contributed by atoms with Crippen molar-refractivity contribution in [1.29, 1.82) is 5.41 Å². The monoisotopic (exact) mass is 226 g/mol. The number of unbranched alkanes of at least 4 members (excludes halogenated alkanes) is 1. The first-order valence-electron chi connectivity index (χ1n) is 6.03.